The van der Waals surface area contributed by atoms with E-state index in [1.807, 2.05) is 0 Å². The molecule has 0 atom stereocenters. The Hall–Kier alpha value is -3.31. The van der Waals surface area contributed by atoms with E-state index in [0.717, 1.165) is 0 Å². The first-order valence-electron chi connectivity index (χ1n) is 15.7. The molecule has 0 heterocycles. The van der Waals surface area contributed by atoms with Crippen LogP contribution in [-0.2, 0) is 63.9 Å². The van der Waals surface area contributed by atoms with Crippen LogP contribution in [0.4, 0.5) is 0 Å². The van der Waals surface area contributed by atoms with Crippen molar-refractivity contribution in [2.75, 3.05) is 0 Å². The summed E-state index contributed by atoms with van der Waals surface area (Å²) in [6, 6.07) is 73.0. The van der Waals surface area contributed by atoms with Crippen molar-refractivity contribution in [1.82, 2.24) is 0 Å². The van der Waals surface area contributed by atoms with Gasteiger partial charge in [0.25, 0.3) is 0 Å². The smallest absolute Gasteiger partial charge is 0.0617 e. The summed E-state index contributed by atoms with van der Waals surface area (Å²) in [5.74, 6) is 0. The van der Waals surface area contributed by atoms with Crippen LogP contribution in [0, 0.1) is 0 Å². The van der Waals surface area contributed by atoms with Gasteiger partial charge in [0.05, 0.1) is 17.6 Å². The molecule has 0 bridgehead atoms. The molecule has 0 saturated carbocycles. The normalized spacial score (nSPS) is 10.5. The van der Waals surface area contributed by atoms with Crippen molar-refractivity contribution >= 4 is 17.6 Å². The molecule has 0 nitrogen and oxygen atoms in total. The van der Waals surface area contributed by atoms with E-state index in [1.54, 1.807) is 0 Å². The SMILES string of the molecule is [Hg].c1ccc(C[Si](Cc2ccccc2)Cc2ccccc2)cc1.c1ccc(C[Si](Cc2ccccc2)Cc2ccccc2)cc1. The van der Waals surface area contributed by atoms with Crippen LogP contribution in [0.5, 0.6) is 0 Å². The van der Waals surface area contributed by atoms with Gasteiger partial charge in [-0.2, -0.15) is 0 Å². The zero-order valence-corrected chi connectivity index (χ0v) is 33.8. The molecule has 0 aliphatic rings. The molecule has 0 aromatic heterocycles. The van der Waals surface area contributed by atoms with E-state index in [0.29, 0.717) is 0 Å². The van der Waals surface area contributed by atoms with Crippen LogP contribution in [0.3, 0.4) is 0 Å². The van der Waals surface area contributed by atoms with Gasteiger partial charge in [0.2, 0.25) is 0 Å². The van der Waals surface area contributed by atoms with Gasteiger partial charge in [-0.05, 0) is 36.3 Å². The van der Waals surface area contributed by atoms with Crippen molar-refractivity contribution in [3.63, 3.8) is 0 Å². The number of hydrogen-bond donors (Lipinski definition) is 0. The Morgan fingerprint density at radius 2 is 0.356 bits per heavy atom. The minimum absolute atomic E-state index is 0. The maximum absolute atomic E-state index is 2.26. The van der Waals surface area contributed by atoms with Crippen LogP contribution in [0.15, 0.2) is 182 Å². The summed E-state index contributed by atoms with van der Waals surface area (Å²) in [6.07, 6.45) is 0. The second kappa shape index (κ2) is 19.9. The molecule has 6 aromatic rings. The second-order valence-corrected chi connectivity index (χ2v) is 16.6. The van der Waals surface area contributed by atoms with E-state index >= 15 is 0 Å². The molecule has 0 aliphatic heterocycles. The zero-order chi connectivity index (χ0) is 30.1. The molecular formula is C42H42HgSi2. The van der Waals surface area contributed by atoms with E-state index in [4.69, 9.17) is 0 Å². The molecule has 0 N–H and O–H groups in total. The van der Waals surface area contributed by atoms with Crippen LogP contribution in [0.2, 0.25) is 0 Å². The van der Waals surface area contributed by atoms with Gasteiger partial charge >= 0.3 is 0 Å². The third-order valence-corrected chi connectivity index (χ3v) is 13.2. The summed E-state index contributed by atoms with van der Waals surface area (Å²) in [7, 11) is -1.00. The van der Waals surface area contributed by atoms with Gasteiger partial charge in [-0.3, -0.25) is 0 Å². The quantitative estimate of drug-likeness (QED) is 0.108. The molecule has 45 heavy (non-hydrogen) atoms. The molecule has 0 unspecified atom stereocenters. The van der Waals surface area contributed by atoms with Crippen molar-refractivity contribution in [2.24, 2.45) is 0 Å². The number of benzene rings is 6. The predicted octanol–water partition coefficient (Wildman–Crippen LogP) is 9.65. The maximum Gasteiger partial charge on any atom is 0.0617 e. The molecule has 0 saturated heterocycles. The van der Waals surface area contributed by atoms with Crippen LogP contribution >= 0.6 is 0 Å². The predicted molar refractivity (Wildman–Crippen MR) is 192 cm³/mol. The first-order chi connectivity index (χ1) is 21.8. The van der Waals surface area contributed by atoms with Crippen LogP contribution in [0.25, 0.3) is 0 Å². The van der Waals surface area contributed by atoms with Gasteiger partial charge in [0.15, 0.2) is 0 Å². The van der Waals surface area contributed by atoms with Crippen molar-refractivity contribution in [1.29, 1.82) is 0 Å². The molecule has 220 valence electrons. The third-order valence-electron chi connectivity index (χ3n) is 7.78. The molecule has 2 radical (unpaired) electrons. The molecule has 0 spiro atoms. The van der Waals surface area contributed by atoms with Gasteiger partial charge in [-0.25, -0.2) is 0 Å². The summed E-state index contributed by atoms with van der Waals surface area (Å²) in [6.45, 7) is 0. The topological polar surface area (TPSA) is 0 Å². The van der Waals surface area contributed by atoms with Crippen LogP contribution in [0.1, 0.15) is 33.4 Å². The molecule has 0 aliphatic carbocycles. The van der Waals surface area contributed by atoms with Gasteiger partial charge in [-0.1, -0.05) is 215 Å². The molecule has 6 rings (SSSR count). The van der Waals surface area contributed by atoms with Gasteiger partial charge in [0.1, 0.15) is 0 Å². The Labute approximate surface area is 294 Å². The van der Waals surface area contributed by atoms with Gasteiger partial charge in [-0.15, -0.1) is 0 Å². The fourth-order valence-corrected chi connectivity index (χ4v) is 11.3. The Bertz CT molecular complexity index is 1260. The third kappa shape index (κ3) is 12.9. The summed E-state index contributed by atoms with van der Waals surface area (Å²) < 4.78 is 0. The van der Waals surface area contributed by atoms with E-state index < -0.39 is 17.6 Å². The summed E-state index contributed by atoms with van der Waals surface area (Å²) >= 11 is 0. The van der Waals surface area contributed by atoms with Crippen molar-refractivity contribution < 1.29 is 27.7 Å². The van der Waals surface area contributed by atoms with E-state index in [9.17, 15) is 0 Å². The first kappa shape index (κ1) is 34.6. The molecule has 0 amide bonds. The Balaban J connectivity index is 0.000000200. The van der Waals surface area contributed by atoms with E-state index in [2.05, 4.69) is 182 Å². The van der Waals surface area contributed by atoms with Crippen LogP contribution in [-0.4, -0.2) is 17.6 Å². The van der Waals surface area contributed by atoms with E-state index in [1.165, 1.54) is 69.6 Å². The van der Waals surface area contributed by atoms with E-state index in [-0.39, 0.29) is 27.7 Å². The van der Waals surface area contributed by atoms with Crippen molar-refractivity contribution in [2.45, 2.75) is 36.3 Å². The number of hydrogen-bond acceptors (Lipinski definition) is 0. The average Bonchev–Trinajstić information content (AvgIpc) is 3.08. The standard InChI is InChI=1S/2C21H21Si.Hg/c2*1-4-10-19(11-5-1)16-22(17-20-12-6-2-7-13-20)18-21-14-8-3-9-15-21;/h2*1-15H,16-18H2;. The average molecular weight is 804 g/mol. The molecule has 3 heteroatoms. The molecule has 0 fully saturated rings. The largest absolute Gasteiger partial charge is 0.0622 e. The number of rotatable bonds is 12. The Morgan fingerprint density at radius 3 is 0.489 bits per heavy atom. The minimum Gasteiger partial charge on any atom is -0.0622 e. The van der Waals surface area contributed by atoms with Gasteiger partial charge in [0, 0.05) is 27.7 Å². The van der Waals surface area contributed by atoms with Crippen LogP contribution < -0.4 is 0 Å². The summed E-state index contributed by atoms with van der Waals surface area (Å²) in [5, 5.41) is 0. The second-order valence-electron chi connectivity index (χ2n) is 11.5. The Kier molecular flexibility index (Phi) is 15.3. The zero-order valence-electron chi connectivity index (χ0n) is 26.3. The molecule has 6 aromatic carbocycles. The minimum atomic E-state index is -0.502. The fourth-order valence-electron chi connectivity index (χ4n) is 5.68. The van der Waals surface area contributed by atoms with Gasteiger partial charge < -0.3 is 0 Å². The fraction of sp³-hybridized carbons (Fsp3) is 0.143. The van der Waals surface area contributed by atoms with Crippen molar-refractivity contribution in [3.05, 3.63) is 215 Å². The molecular weight excluding hydrogens is 761 g/mol. The maximum atomic E-state index is 2.26. The Morgan fingerprint density at radius 1 is 0.222 bits per heavy atom. The summed E-state index contributed by atoms with van der Waals surface area (Å²) in [5.41, 5.74) is 8.85. The first-order valence-corrected chi connectivity index (χ1v) is 19.9. The van der Waals surface area contributed by atoms with Crippen molar-refractivity contribution in [3.8, 4) is 0 Å². The summed E-state index contributed by atoms with van der Waals surface area (Å²) in [4.78, 5) is 0. The monoisotopic (exact) mass is 804 g/mol.